The number of nitriles is 1. The fraction of sp³-hybridized carbons (Fsp3) is 0.389. The highest BCUT2D eigenvalue weighted by Gasteiger charge is 2.36. The maximum absolute atomic E-state index is 12.5. The molecule has 1 fully saturated rings. The van der Waals surface area contributed by atoms with Gasteiger partial charge in [-0.2, -0.15) is 17.0 Å². The molecule has 0 spiro atoms. The zero-order valence-electron chi connectivity index (χ0n) is 13.3. The molecule has 0 aliphatic carbocycles. The summed E-state index contributed by atoms with van der Waals surface area (Å²) in [6, 6.07) is 10.3. The monoisotopic (exact) mass is 325 g/mol. The molecule has 0 radical (unpaired) electrons. The van der Waals surface area contributed by atoms with Crippen molar-refractivity contribution < 1.29 is 4.79 Å². The number of carbonyl (C=O) groups excluding carboxylic acids is 1. The van der Waals surface area contributed by atoms with E-state index in [-0.39, 0.29) is 12.3 Å². The lowest BCUT2D eigenvalue weighted by molar-refractivity contribution is -0.121. The van der Waals surface area contributed by atoms with Crippen LogP contribution in [0, 0.1) is 25.2 Å². The van der Waals surface area contributed by atoms with Gasteiger partial charge in [0, 0.05) is 16.8 Å². The molecule has 0 saturated carbocycles. The number of hydrogen-bond donors (Lipinski definition) is 1. The topological polar surface area (TPSA) is 65.8 Å². The number of benzene rings is 1. The molecule has 1 amide bonds. The number of para-hydroxylation sites is 1. The third-order valence-corrected chi connectivity index (χ3v) is 5.63. The standard InChI is InChI=1S/C18H19N3OS/c1-12-14-5-3-4-6-16(14)20-13(2)15(12)9-17(22)21-18(10-19)7-8-23-11-18/h3-6H,7-9,11H2,1-2H3,(H,21,22). The van der Waals surface area contributed by atoms with Crippen molar-refractivity contribution in [3.05, 3.63) is 41.1 Å². The van der Waals surface area contributed by atoms with Crippen LogP contribution in [0.1, 0.15) is 23.2 Å². The van der Waals surface area contributed by atoms with Crippen molar-refractivity contribution in [2.45, 2.75) is 32.2 Å². The van der Waals surface area contributed by atoms with Crippen molar-refractivity contribution in [2.24, 2.45) is 0 Å². The summed E-state index contributed by atoms with van der Waals surface area (Å²) in [4.78, 5) is 17.1. The first-order valence-electron chi connectivity index (χ1n) is 7.69. The fourth-order valence-corrected chi connectivity index (χ4v) is 4.35. The third-order valence-electron chi connectivity index (χ3n) is 4.44. The Morgan fingerprint density at radius 1 is 1.43 bits per heavy atom. The second kappa shape index (κ2) is 6.21. The Kier molecular flexibility index (Phi) is 4.27. The summed E-state index contributed by atoms with van der Waals surface area (Å²) >= 11 is 1.71. The molecule has 1 N–H and O–H groups in total. The Bertz CT molecular complexity index is 804. The lowest BCUT2D eigenvalue weighted by atomic mass is 9.97. The number of hydrogen-bond acceptors (Lipinski definition) is 4. The molecule has 1 atom stereocenters. The van der Waals surface area contributed by atoms with Gasteiger partial charge in [0.05, 0.1) is 18.0 Å². The zero-order chi connectivity index (χ0) is 16.4. The van der Waals surface area contributed by atoms with Crippen LogP contribution < -0.4 is 5.32 Å². The predicted molar refractivity (Wildman–Crippen MR) is 93.3 cm³/mol. The fourth-order valence-electron chi connectivity index (χ4n) is 3.08. The summed E-state index contributed by atoms with van der Waals surface area (Å²) in [5.41, 5.74) is 3.18. The minimum absolute atomic E-state index is 0.0997. The van der Waals surface area contributed by atoms with E-state index in [0.29, 0.717) is 12.2 Å². The van der Waals surface area contributed by atoms with E-state index in [4.69, 9.17) is 0 Å². The Hall–Kier alpha value is -2.06. The van der Waals surface area contributed by atoms with Crippen molar-refractivity contribution in [2.75, 3.05) is 11.5 Å². The first kappa shape index (κ1) is 15.8. The van der Waals surface area contributed by atoms with Crippen molar-refractivity contribution in [3.8, 4) is 6.07 Å². The van der Waals surface area contributed by atoms with E-state index in [1.54, 1.807) is 11.8 Å². The molecule has 1 aromatic carbocycles. The van der Waals surface area contributed by atoms with E-state index >= 15 is 0 Å². The van der Waals surface area contributed by atoms with Gasteiger partial charge in [-0.25, -0.2) is 0 Å². The summed E-state index contributed by atoms with van der Waals surface area (Å²) in [6.45, 7) is 3.97. The summed E-state index contributed by atoms with van der Waals surface area (Å²) < 4.78 is 0. The summed E-state index contributed by atoms with van der Waals surface area (Å²) in [5.74, 6) is 1.49. The number of pyridine rings is 1. The SMILES string of the molecule is Cc1nc2ccccc2c(C)c1CC(=O)NC1(C#N)CCSC1. The number of aromatic nitrogens is 1. The van der Waals surface area contributed by atoms with Crippen LogP contribution in [0.15, 0.2) is 24.3 Å². The minimum Gasteiger partial charge on any atom is -0.337 e. The van der Waals surface area contributed by atoms with Crippen LogP contribution in [0.4, 0.5) is 0 Å². The van der Waals surface area contributed by atoms with Crippen molar-refractivity contribution in [1.29, 1.82) is 5.26 Å². The van der Waals surface area contributed by atoms with Crippen LogP contribution in [0.3, 0.4) is 0 Å². The molecule has 23 heavy (non-hydrogen) atoms. The average molecular weight is 325 g/mol. The summed E-state index contributed by atoms with van der Waals surface area (Å²) in [7, 11) is 0. The van der Waals surface area contributed by atoms with Gasteiger partial charge >= 0.3 is 0 Å². The van der Waals surface area contributed by atoms with E-state index in [2.05, 4.69) is 16.4 Å². The first-order valence-corrected chi connectivity index (χ1v) is 8.85. The number of nitrogens with zero attached hydrogens (tertiary/aromatic N) is 2. The highest BCUT2D eigenvalue weighted by molar-refractivity contribution is 7.99. The van der Waals surface area contributed by atoms with E-state index < -0.39 is 5.54 Å². The lowest BCUT2D eigenvalue weighted by Crippen LogP contribution is -2.48. The second-order valence-corrected chi connectivity index (χ2v) is 7.14. The molecular weight excluding hydrogens is 306 g/mol. The molecule has 2 aromatic rings. The van der Waals surface area contributed by atoms with Crippen LogP contribution in [0.2, 0.25) is 0 Å². The van der Waals surface area contributed by atoms with Gasteiger partial charge in [0.2, 0.25) is 5.91 Å². The molecule has 1 aromatic heterocycles. The zero-order valence-corrected chi connectivity index (χ0v) is 14.2. The van der Waals surface area contributed by atoms with Crippen LogP contribution >= 0.6 is 11.8 Å². The molecule has 2 heterocycles. The van der Waals surface area contributed by atoms with Gasteiger partial charge in [-0.05, 0) is 43.2 Å². The summed E-state index contributed by atoms with van der Waals surface area (Å²) in [5, 5.41) is 13.4. The molecule has 4 nitrogen and oxygen atoms in total. The normalized spacial score (nSPS) is 20.4. The van der Waals surface area contributed by atoms with E-state index in [1.807, 2.05) is 38.1 Å². The third kappa shape index (κ3) is 3.04. The van der Waals surface area contributed by atoms with Crippen molar-refractivity contribution in [3.63, 3.8) is 0 Å². The molecular formula is C18H19N3OS. The van der Waals surface area contributed by atoms with Crippen LogP contribution in [-0.2, 0) is 11.2 Å². The Morgan fingerprint density at radius 2 is 2.22 bits per heavy atom. The second-order valence-electron chi connectivity index (χ2n) is 6.04. The van der Waals surface area contributed by atoms with Gasteiger partial charge in [-0.1, -0.05) is 18.2 Å². The molecule has 1 aliphatic rings. The number of amides is 1. The quantitative estimate of drug-likeness (QED) is 0.942. The number of rotatable bonds is 3. The summed E-state index contributed by atoms with van der Waals surface area (Å²) in [6.07, 6.45) is 0.984. The van der Waals surface area contributed by atoms with E-state index in [0.717, 1.165) is 33.5 Å². The number of nitrogens with one attached hydrogen (secondary N) is 1. The first-order chi connectivity index (χ1) is 11.0. The largest absolute Gasteiger partial charge is 0.337 e. The van der Waals surface area contributed by atoms with E-state index in [9.17, 15) is 10.1 Å². The van der Waals surface area contributed by atoms with Crippen molar-refractivity contribution >= 4 is 28.6 Å². The number of fused-ring (bicyclic) bond motifs is 1. The molecule has 1 aliphatic heterocycles. The Balaban J connectivity index is 1.87. The highest BCUT2D eigenvalue weighted by atomic mass is 32.2. The van der Waals surface area contributed by atoms with E-state index in [1.165, 1.54) is 0 Å². The molecule has 3 rings (SSSR count). The molecule has 118 valence electrons. The van der Waals surface area contributed by atoms with Crippen LogP contribution in [0.25, 0.3) is 10.9 Å². The van der Waals surface area contributed by atoms with Gasteiger partial charge < -0.3 is 5.32 Å². The molecule has 1 saturated heterocycles. The Labute approximate surface area is 140 Å². The number of carbonyl (C=O) groups is 1. The highest BCUT2D eigenvalue weighted by Crippen LogP contribution is 2.28. The maximum Gasteiger partial charge on any atom is 0.225 e. The number of thioether (sulfide) groups is 1. The van der Waals surface area contributed by atoms with Gasteiger partial charge in [0.1, 0.15) is 5.54 Å². The smallest absolute Gasteiger partial charge is 0.225 e. The van der Waals surface area contributed by atoms with Gasteiger partial charge in [-0.15, -0.1) is 0 Å². The number of aryl methyl sites for hydroxylation is 2. The predicted octanol–water partition coefficient (Wildman–Crippen LogP) is 2.91. The van der Waals surface area contributed by atoms with Crippen molar-refractivity contribution in [1.82, 2.24) is 10.3 Å². The molecule has 5 heteroatoms. The van der Waals surface area contributed by atoms with Gasteiger partial charge in [-0.3, -0.25) is 9.78 Å². The van der Waals surface area contributed by atoms with Crippen LogP contribution in [0.5, 0.6) is 0 Å². The maximum atomic E-state index is 12.5. The molecule has 0 bridgehead atoms. The molecule has 1 unspecified atom stereocenters. The van der Waals surface area contributed by atoms with Gasteiger partial charge in [0.25, 0.3) is 0 Å². The Morgan fingerprint density at radius 3 is 2.91 bits per heavy atom. The lowest BCUT2D eigenvalue weighted by Gasteiger charge is -2.22. The van der Waals surface area contributed by atoms with Crippen LogP contribution in [-0.4, -0.2) is 27.9 Å². The minimum atomic E-state index is -0.701. The van der Waals surface area contributed by atoms with Gasteiger partial charge in [0.15, 0.2) is 0 Å². The average Bonchev–Trinajstić information content (AvgIpc) is 3.00.